The van der Waals surface area contributed by atoms with Gasteiger partial charge in [-0.25, -0.2) is 4.57 Å². The van der Waals surface area contributed by atoms with Crippen LogP contribution in [0.2, 0.25) is 5.02 Å². The lowest BCUT2D eigenvalue weighted by Gasteiger charge is -2.05. The number of halogens is 1. The van der Waals surface area contributed by atoms with Crippen LogP contribution in [-0.2, 0) is 6.54 Å². The van der Waals surface area contributed by atoms with Gasteiger partial charge in [0.2, 0.25) is 5.78 Å². The number of hydrogen-bond acceptors (Lipinski definition) is 3. The van der Waals surface area contributed by atoms with Gasteiger partial charge >= 0.3 is 0 Å². The number of carbonyl (C=O) groups excluding carboxylic acids is 1. The monoisotopic (exact) mass is 339 g/mol. The molecule has 120 valence electrons. The lowest BCUT2D eigenvalue weighted by Crippen LogP contribution is -2.37. The number of hydrogen-bond donors (Lipinski definition) is 0. The van der Waals surface area contributed by atoms with E-state index in [9.17, 15) is 4.79 Å². The molecule has 2 aromatic carbocycles. The lowest BCUT2D eigenvalue weighted by molar-refractivity contribution is -0.686. The topological polar surface area (TPSA) is 43.1 Å². The Hall–Kier alpha value is -2.72. The maximum atomic E-state index is 12.3. The number of rotatable bonds is 5. The molecular formula is C19H16ClN2O2+. The highest BCUT2D eigenvalue weighted by Gasteiger charge is 2.14. The van der Waals surface area contributed by atoms with Gasteiger partial charge < -0.3 is 4.74 Å². The molecule has 0 atom stereocenters. The lowest BCUT2D eigenvalue weighted by atomic mass is 10.1. The maximum Gasteiger partial charge on any atom is 0.287 e. The zero-order valence-electron chi connectivity index (χ0n) is 13.1. The van der Waals surface area contributed by atoms with E-state index in [4.69, 9.17) is 16.3 Å². The van der Waals surface area contributed by atoms with Gasteiger partial charge in [0.25, 0.3) is 6.33 Å². The van der Waals surface area contributed by atoms with Crippen molar-refractivity contribution >= 4 is 17.4 Å². The van der Waals surface area contributed by atoms with Crippen LogP contribution in [0, 0.1) is 0 Å². The minimum absolute atomic E-state index is 0.00325. The van der Waals surface area contributed by atoms with E-state index < -0.39 is 0 Å². The molecule has 0 N–H and O–H groups in total. The molecule has 0 fully saturated rings. The van der Waals surface area contributed by atoms with E-state index in [-0.39, 0.29) is 12.3 Å². The second kappa shape index (κ2) is 7.23. The molecule has 0 aliphatic carbocycles. The summed E-state index contributed by atoms with van der Waals surface area (Å²) >= 11 is 5.84. The van der Waals surface area contributed by atoms with Gasteiger partial charge in [0, 0.05) is 16.7 Å². The largest absolute Gasteiger partial charge is 0.496 e. The van der Waals surface area contributed by atoms with Crippen molar-refractivity contribution in [3.8, 4) is 17.0 Å². The van der Waals surface area contributed by atoms with Gasteiger partial charge in [0.05, 0.1) is 18.9 Å². The van der Waals surface area contributed by atoms with Crippen molar-refractivity contribution in [3.05, 3.63) is 77.7 Å². The third-order valence-electron chi connectivity index (χ3n) is 3.64. The molecule has 0 aliphatic rings. The summed E-state index contributed by atoms with van der Waals surface area (Å²) < 4.78 is 7.10. The van der Waals surface area contributed by atoms with E-state index in [1.54, 1.807) is 42.3 Å². The summed E-state index contributed by atoms with van der Waals surface area (Å²) in [5.74, 6) is 0.767. The third kappa shape index (κ3) is 3.60. The van der Waals surface area contributed by atoms with Gasteiger partial charge in [-0.2, -0.15) is 0 Å². The van der Waals surface area contributed by atoms with Crippen molar-refractivity contribution in [1.82, 2.24) is 4.98 Å². The predicted octanol–water partition coefficient (Wildman–Crippen LogP) is 3.58. The van der Waals surface area contributed by atoms with Crippen LogP contribution in [0.3, 0.4) is 0 Å². The predicted molar refractivity (Wildman–Crippen MR) is 92.2 cm³/mol. The van der Waals surface area contributed by atoms with E-state index in [0.29, 0.717) is 10.6 Å². The van der Waals surface area contributed by atoms with Crippen molar-refractivity contribution in [3.63, 3.8) is 0 Å². The Kier molecular flexibility index (Phi) is 4.87. The molecule has 0 saturated heterocycles. The van der Waals surface area contributed by atoms with Crippen molar-refractivity contribution in [1.29, 1.82) is 0 Å². The summed E-state index contributed by atoms with van der Waals surface area (Å²) in [6, 6.07) is 16.4. The SMILES string of the molecule is COc1ccccc1-c1cc[n+](CC(=O)c2ccc(Cl)cc2)cn1. The average molecular weight is 340 g/mol. The Bertz CT molecular complexity index is 846. The molecule has 0 aliphatic heterocycles. The number of benzene rings is 2. The van der Waals surface area contributed by atoms with Gasteiger partial charge in [0.15, 0.2) is 12.2 Å². The molecule has 24 heavy (non-hydrogen) atoms. The van der Waals surface area contributed by atoms with E-state index in [1.165, 1.54) is 0 Å². The second-order valence-electron chi connectivity index (χ2n) is 5.25. The zero-order chi connectivity index (χ0) is 16.9. The second-order valence-corrected chi connectivity index (χ2v) is 5.68. The summed E-state index contributed by atoms with van der Waals surface area (Å²) in [4.78, 5) is 16.7. The van der Waals surface area contributed by atoms with Gasteiger partial charge in [-0.1, -0.05) is 23.7 Å². The maximum absolute atomic E-state index is 12.3. The fourth-order valence-corrected chi connectivity index (χ4v) is 2.51. The molecule has 3 aromatic rings. The first-order valence-corrected chi connectivity index (χ1v) is 7.82. The van der Waals surface area contributed by atoms with Gasteiger partial charge in [-0.05, 0) is 41.4 Å². The van der Waals surface area contributed by atoms with Gasteiger partial charge in [0.1, 0.15) is 5.75 Å². The highest BCUT2D eigenvalue weighted by atomic mass is 35.5. The van der Waals surface area contributed by atoms with Crippen LogP contribution in [0.1, 0.15) is 10.4 Å². The molecule has 0 unspecified atom stereocenters. The van der Waals surface area contributed by atoms with Crippen LogP contribution in [0.25, 0.3) is 11.3 Å². The molecule has 0 bridgehead atoms. The molecule has 3 rings (SSSR count). The first kappa shape index (κ1) is 16.1. The van der Waals surface area contributed by atoms with Gasteiger partial charge in [-0.3, -0.25) is 4.79 Å². The number of para-hydroxylation sites is 1. The summed E-state index contributed by atoms with van der Waals surface area (Å²) in [6.07, 6.45) is 3.48. The zero-order valence-corrected chi connectivity index (χ0v) is 13.9. The summed E-state index contributed by atoms with van der Waals surface area (Å²) in [6.45, 7) is 0.223. The van der Waals surface area contributed by atoms with Crippen LogP contribution < -0.4 is 9.30 Å². The highest BCUT2D eigenvalue weighted by Crippen LogP contribution is 2.26. The smallest absolute Gasteiger partial charge is 0.287 e. The quantitative estimate of drug-likeness (QED) is 0.527. The molecule has 1 aromatic heterocycles. The van der Waals surface area contributed by atoms with E-state index in [0.717, 1.165) is 17.0 Å². The number of aromatic nitrogens is 2. The number of Topliss-reactive ketones (excluding diaryl/α,β-unsaturated/α-hetero) is 1. The van der Waals surface area contributed by atoms with Crippen molar-refractivity contribution < 1.29 is 14.1 Å². The van der Waals surface area contributed by atoms with Crippen LogP contribution in [0.4, 0.5) is 0 Å². The van der Waals surface area contributed by atoms with Crippen LogP contribution in [0.15, 0.2) is 67.1 Å². The highest BCUT2D eigenvalue weighted by molar-refractivity contribution is 6.30. The molecule has 5 heteroatoms. The number of carbonyl (C=O) groups is 1. The fraction of sp³-hybridized carbons (Fsp3) is 0.105. The summed E-state index contributed by atoms with van der Waals surface area (Å²) in [5.41, 5.74) is 2.33. The van der Waals surface area contributed by atoms with E-state index in [1.807, 2.05) is 36.5 Å². The van der Waals surface area contributed by atoms with Crippen LogP contribution in [0.5, 0.6) is 5.75 Å². The Balaban J connectivity index is 1.77. The van der Waals surface area contributed by atoms with E-state index >= 15 is 0 Å². The Morgan fingerprint density at radius 1 is 1.12 bits per heavy atom. The first-order valence-electron chi connectivity index (χ1n) is 7.44. The fourth-order valence-electron chi connectivity index (χ4n) is 2.39. The summed E-state index contributed by atoms with van der Waals surface area (Å²) in [5, 5.41) is 0.613. The Labute approximate surface area is 145 Å². The molecule has 0 amide bonds. The molecule has 0 radical (unpaired) electrons. The number of ether oxygens (including phenoxy) is 1. The number of ketones is 1. The van der Waals surface area contributed by atoms with Crippen LogP contribution >= 0.6 is 11.6 Å². The van der Waals surface area contributed by atoms with Crippen molar-refractivity contribution in [2.75, 3.05) is 7.11 Å². The van der Waals surface area contributed by atoms with E-state index in [2.05, 4.69) is 4.98 Å². The Morgan fingerprint density at radius 3 is 2.54 bits per heavy atom. The number of methoxy groups -OCH3 is 1. The minimum Gasteiger partial charge on any atom is -0.496 e. The summed E-state index contributed by atoms with van der Waals surface area (Å²) in [7, 11) is 1.63. The van der Waals surface area contributed by atoms with Crippen molar-refractivity contribution in [2.45, 2.75) is 6.54 Å². The molecular weight excluding hydrogens is 324 g/mol. The standard InChI is InChI=1S/C19H16ClN2O2/c1-24-19-5-3-2-4-16(19)17-10-11-22(13-21-17)12-18(23)14-6-8-15(20)9-7-14/h2-11,13H,12H2,1H3/q+1. The number of nitrogens with zero attached hydrogens (tertiary/aromatic N) is 2. The molecule has 4 nitrogen and oxygen atoms in total. The molecule has 0 saturated carbocycles. The van der Waals surface area contributed by atoms with Crippen LogP contribution in [-0.4, -0.2) is 17.9 Å². The van der Waals surface area contributed by atoms with Gasteiger partial charge in [-0.15, -0.1) is 0 Å². The normalized spacial score (nSPS) is 10.4. The third-order valence-corrected chi connectivity index (χ3v) is 3.90. The molecule has 1 heterocycles. The minimum atomic E-state index is 0.00325. The first-order chi connectivity index (χ1) is 11.7. The average Bonchev–Trinajstić information content (AvgIpc) is 2.63. The van der Waals surface area contributed by atoms with Crippen molar-refractivity contribution in [2.24, 2.45) is 0 Å². The Morgan fingerprint density at radius 2 is 1.88 bits per heavy atom. The molecule has 0 spiro atoms.